The minimum absolute atomic E-state index is 0.0203. The van der Waals surface area contributed by atoms with Crippen molar-refractivity contribution in [3.63, 3.8) is 0 Å². The van der Waals surface area contributed by atoms with Crippen molar-refractivity contribution in [2.45, 2.75) is 20.0 Å². The van der Waals surface area contributed by atoms with Crippen LogP contribution >= 0.6 is 0 Å². The summed E-state index contributed by atoms with van der Waals surface area (Å²) >= 11 is 0. The maximum absolute atomic E-state index is 12.8. The molecule has 32 heavy (non-hydrogen) atoms. The van der Waals surface area contributed by atoms with Gasteiger partial charge in [-0.25, -0.2) is 0 Å². The van der Waals surface area contributed by atoms with Crippen LogP contribution in [-0.2, 0) is 11.0 Å². The summed E-state index contributed by atoms with van der Waals surface area (Å²) in [6.45, 7) is 3.48. The van der Waals surface area contributed by atoms with Crippen LogP contribution < -0.4 is 15.4 Å². The summed E-state index contributed by atoms with van der Waals surface area (Å²) in [4.78, 5) is 24.5. The summed E-state index contributed by atoms with van der Waals surface area (Å²) in [5.41, 5.74) is 2.34. The van der Waals surface area contributed by atoms with Gasteiger partial charge in [0.2, 0.25) is 0 Å². The second-order valence-corrected chi connectivity index (χ2v) is 7.14. The fraction of sp³-hybridized carbons (Fsp3) is 0.167. The van der Waals surface area contributed by atoms with Crippen molar-refractivity contribution in [3.8, 4) is 5.75 Å². The van der Waals surface area contributed by atoms with E-state index in [1.54, 1.807) is 12.1 Å². The molecule has 166 valence electrons. The predicted molar refractivity (Wildman–Crippen MR) is 116 cm³/mol. The van der Waals surface area contributed by atoms with Crippen LogP contribution in [0.3, 0.4) is 0 Å². The van der Waals surface area contributed by atoms with Gasteiger partial charge in [-0.2, -0.15) is 13.2 Å². The molecule has 0 heterocycles. The molecule has 0 spiro atoms. The van der Waals surface area contributed by atoms with Gasteiger partial charge < -0.3 is 15.4 Å². The first-order valence-corrected chi connectivity index (χ1v) is 9.71. The molecule has 0 bridgehead atoms. The van der Waals surface area contributed by atoms with E-state index >= 15 is 0 Å². The zero-order valence-electron chi connectivity index (χ0n) is 17.4. The highest BCUT2D eigenvalue weighted by atomic mass is 19.4. The SMILES string of the molecule is Cc1cccc(NC(=O)c2ccc(OCC(=O)Nc3cccc(C(F)(F)F)c3)cc2)c1C. The van der Waals surface area contributed by atoms with E-state index in [0.29, 0.717) is 11.3 Å². The second kappa shape index (κ2) is 9.55. The normalized spacial score (nSPS) is 11.0. The molecule has 0 unspecified atom stereocenters. The fourth-order valence-electron chi connectivity index (χ4n) is 2.90. The molecule has 2 amide bonds. The van der Waals surface area contributed by atoms with Gasteiger partial charge in [0.25, 0.3) is 11.8 Å². The van der Waals surface area contributed by atoms with Gasteiger partial charge in [0.05, 0.1) is 5.56 Å². The molecule has 0 saturated carbocycles. The molecular formula is C24H21F3N2O3. The van der Waals surface area contributed by atoms with Gasteiger partial charge in [0.1, 0.15) is 5.75 Å². The number of ether oxygens (including phenoxy) is 1. The fourth-order valence-corrected chi connectivity index (χ4v) is 2.90. The number of halogens is 3. The lowest BCUT2D eigenvalue weighted by Gasteiger charge is -2.11. The molecule has 0 aliphatic heterocycles. The number of carbonyl (C=O) groups is 2. The summed E-state index contributed by atoms with van der Waals surface area (Å²) in [6.07, 6.45) is -4.50. The van der Waals surface area contributed by atoms with E-state index in [0.717, 1.165) is 28.9 Å². The Balaban J connectivity index is 1.55. The number of amides is 2. The average Bonchev–Trinajstić information content (AvgIpc) is 2.75. The summed E-state index contributed by atoms with van der Waals surface area (Å²) < 4.78 is 43.6. The number of carbonyl (C=O) groups excluding carboxylic acids is 2. The molecule has 0 saturated heterocycles. The number of hydrogen-bond acceptors (Lipinski definition) is 3. The van der Waals surface area contributed by atoms with E-state index in [4.69, 9.17) is 4.74 Å². The molecule has 2 N–H and O–H groups in total. The summed E-state index contributed by atoms with van der Waals surface area (Å²) in [6, 6.07) is 16.2. The van der Waals surface area contributed by atoms with Gasteiger partial charge in [-0.3, -0.25) is 9.59 Å². The molecular weight excluding hydrogens is 421 g/mol. The molecule has 0 radical (unpaired) electrons. The van der Waals surface area contributed by atoms with Gasteiger partial charge in [0.15, 0.2) is 6.61 Å². The number of hydrogen-bond donors (Lipinski definition) is 2. The summed E-state index contributed by atoms with van der Waals surface area (Å²) in [5, 5.41) is 5.22. The van der Waals surface area contributed by atoms with E-state index in [9.17, 15) is 22.8 Å². The Morgan fingerprint density at radius 2 is 1.59 bits per heavy atom. The Bertz CT molecular complexity index is 1130. The van der Waals surface area contributed by atoms with Crippen LogP contribution in [0.25, 0.3) is 0 Å². The number of rotatable bonds is 6. The summed E-state index contributed by atoms with van der Waals surface area (Å²) in [5.74, 6) is -0.555. The van der Waals surface area contributed by atoms with Crippen LogP contribution in [0.5, 0.6) is 5.75 Å². The zero-order chi connectivity index (χ0) is 23.3. The van der Waals surface area contributed by atoms with Crippen LogP contribution in [0, 0.1) is 13.8 Å². The van der Waals surface area contributed by atoms with Gasteiger partial charge in [-0.15, -0.1) is 0 Å². The van der Waals surface area contributed by atoms with Crippen LogP contribution in [0.2, 0.25) is 0 Å². The van der Waals surface area contributed by atoms with Crippen molar-refractivity contribution in [1.29, 1.82) is 0 Å². The lowest BCUT2D eigenvalue weighted by Crippen LogP contribution is -2.20. The van der Waals surface area contributed by atoms with Crippen molar-refractivity contribution < 1.29 is 27.5 Å². The average molecular weight is 442 g/mol. The van der Waals surface area contributed by atoms with Crippen LogP contribution in [0.4, 0.5) is 24.5 Å². The Kier molecular flexibility index (Phi) is 6.82. The predicted octanol–water partition coefficient (Wildman–Crippen LogP) is 5.59. The first-order chi connectivity index (χ1) is 15.1. The molecule has 0 atom stereocenters. The molecule has 3 aromatic rings. The Hall–Kier alpha value is -3.81. The third-order valence-electron chi connectivity index (χ3n) is 4.81. The molecule has 8 heteroatoms. The van der Waals surface area contributed by atoms with Crippen LogP contribution in [0.15, 0.2) is 66.7 Å². The standard InChI is InChI=1S/C24H21F3N2O3/c1-15-5-3-8-21(16(15)2)29-23(31)17-9-11-20(12-10-17)32-14-22(30)28-19-7-4-6-18(13-19)24(25,26)27/h3-13H,14H2,1-2H3,(H,28,30)(H,29,31). The van der Waals surface area contributed by atoms with E-state index in [1.807, 2.05) is 32.0 Å². The number of aryl methyl sites for hydroxylation is 1. The van der Waals surface area contributed by atoms with Crippen molar-refractivity contribution >= 4 is 23.2 Å². The van der Waals surface area contributed by atoms with Crippen molar-refractivity contribution in [3.05, 3.63) is 89.0 Å². The van der Waals surface area contributed by atoms with E-state index in [2.05, 4.69) is 10.6 Å². The molecule has 3 rings (SSSR count). The third-order valence-corrected chi connectivity index (χ3v) is 4.81. The number of anilines is 2. The minimum Gasteiger partial charge on any atom is -0.484 e. The number of nitrogens with one attached hydrogen (secondary N) is 2. The van der Waals surface area contributed by atoms with E-state index in [1.165, 1.54) is 24.3 Å². The summed E-state index contributed by atoms with van der Waals surface area (Å²) in [7, 11) is 0. The third kappa shape index (κ3) is 5.87. The van der Waals surface area contributed by atoms with Gasteiger partial charge in [-0.05, 0) is 73.5 Å². The lowest BCUT2D eigenvalue weighted by atomic mass is 10.1. The highest BCUT2D eigenvalue weighted by Gasteiger charge is 2.30. The van der Waals surface area contributed by atoms with E-state index < -0.39 is 24.3 Å². The van der Waals surface area contributed by atoms with Crippen LogP contribution in [0.1, 0.15) is 27.0 Å². The maximum atomic E-state index is 12.8. The highest BCUT2D eigenvalue weighted by Crippen LogP contribution is 2.30. The molecule has 5 nitrogen and oxygen atoms in total. The largest absolute Gasteiger partial charge is 0.484 e. The number of alkyl halides is 3. The smallest absolute Gasteiger partial charge is 0.416 e. The van der Waals surface area contributed by atoms with Gasteiger partial charge in [-0.1, -0.05) is 18.2 Å². The zero-order valence-corrected chi connectivity index (χ0v) is 17.4. The lowest BCUT2D eigenvalue weighted by molar-refractivity contribution is -0.137. The van der Waals surface area contributed by atoms with Crippen LogP contribution in [-0.4, -0.2) is 18.4 Å². The quantitative estimate of drug-likeness (QED) is 0.523. The minimum atomic E-state index is -4.50. The Labute approximate surface area is 183 Å². The number of benzene rings is 3. The van der Waals surface area contributed by atoms with Crippen molar-refractivity contribution in [1.82, 2.24) is 0 Å². The molecule has 0 aromatic heterocycles. The second-order valence-electron chi connectivity index (χ2n) is 7.14. The van der Waals surface area contributed by atoms with Gasteiger partial charge in [0, 0.05) is 16.9 Å². The van der Waals surface area contributed by atoms with E-state index in [-0.39, 0.29) is 11.6 Å². The van der Waals surface area contributed by atoms with Gasteiger partial charge >= 0.3 is 6.18 Å². The highest BCUT2D eigenvalue weighted by molar-refractivity contribution is 6.04. The topological polar surface area (TPSA) is 67.4 Å². The first-order valence-electron chi connectivity index (χ1n) is 9.71. The monoisotopic (exact) mass is 442 g/mol. The molecule has 3 aromatic carbocycles. The molecule has 0 aliphatic rings. The molecule has 0 fully saturated rings. The van der Waals surface area contributed by atoms with Crippen molar-refractivity contribution in [2.24, 2.45) is 0 Å². The first kappa shape index (κ1) is 22.9. The molecule has 0 aliphatic carbocycles. The maximum Gasteiger partial charge on any atom is 0.416 e. The Morgan fingerprint density at radius 1 is 0.906 bits per heavy atom. The van der Waals surface area contributed by atoms with Crippen molar-refractivity contribution in [2.75, 3.05) is 17.2 Å². The Morgan fingerprint density at radius 3 is 2.28 bits per heavy atom.